The smallest absolute Gasteiger partial charge is 0.228 e. The summed E-state index contributed by atoms with van der Waals surface area (Å²) in [5.41, 5.74) is 1.88. The minimum Gasteiger partial charge on any atom is -0.339 e. The highest BCUT2D eigenvalue weighted by Gasteiger charge is 2.33. The average molecular weight is 355 g/mol. The Bertz CT molecular complexity index is 505. The third-order valence-corrected chi connectivity index (χ3v) is 3.10. The summed E-state index contributed by atoms with van der Waals surface area (Å²) in [6, 6.07) is 7.62. The van der Waals surface area contributed by atoms with Gasteiger partial charge in [-0.15, -0.1) is 0 Å². The molecule has 1 atom stereocenters. The molecule has 0 fully saturated rings. The van der Waals surface area contributed by atoms with Crippen molar-refractivity contribution in [1.29, 1.82) is 0 Å². The lowest BCUT2D eigenvalue weighted by Crippen LogP contribution is -2.55. The number of hydrogen-bond donors (Lipinski definition) is 3. The van der Waals surface area contributed by atoms with Crippen LogP contribution in [0.5, 0.6) is 0 Å². The molecule has 0 aromatic heterocycles. The highest BCUT2D eigenvalue weighted by molar-refractivity contribution is 7.80. The molecule has 0 radical (unpaired) electrons. The molecule has 0 spiro atoms. The standard InChI is InChI=1S/C12H14Cl3N3OS/c1-7-4-3-5-9(6-7)17-11(20)18-10(12(13,14)15)16-8(2)19/h3-6,10H,1-2H3,(H,16,19)(H2,17,18,20). The molecule has 0 heterocycles. The topological polar surface area (TPSA) is 53.2 Å². The van der Waals surface area contributed by atoms with Crippen molar-refractivity contribution in [3.05, 3.63) is 29.8 Å². The van der Waals surface area contributed by atoms with Gasteiger partial charge in [0, 0.05) is 12.6 Å². The fraction of sp³-hybridized carbons (Fsp3) is 0.333. The Kier molecular flexibility index (Phi) is 6.33. The number of rotatable bonds is 3. The zero-order valence-electron chi connectivity index (χ0n) is 10.8. The van der Waals surface area contributed by atoms with E-state index >= 15 is 0 Å². The van der Waals surface area contributed by atoms with E-state index in [1.807, 2.05) is 31.2 Å². The van der Waals surface area contributed by atoms with Crippen LogP contribution in [0.25, 0.3) is 0 Å². The van der Waals surface area contributed by atoms with Crippen LogP contribution in [0.3, 0.4) is 0 Å². The summed E-state index contributed by atoms with van der Waals surface area (Å²) >= 11 is 22.5. The zero-order chi connectivity index (χ0) is 15.3. The lowest BCUT2D eigenvalue weighted by atomic mass is 10.2. The van der Waals surface area contributed by atoms with Crippen molar-refractivity contribution in [3.8, 4) is 0 Å². The number of halogens is 3. The van der Waals surface area contributed by atoms with Crippen LogP contribution in [-0.2, 0) is 4.79 Å². The largest absolute Gasteiger partial charge is 0.339 e. The van der Waals surface area contributed by atoms with Gasteiger partial charge in [0.2, 0.25) is 9.70 Å². The molecule has 0 aliphatic heterocycles. The number of carbonyl (C=O) groups is 1. The number of alkyl halides is 3. The van der Waals surface area contributed by atoms with Gasteiger partial charge >= 0.3 is 0 Å². The Morgan fingerprint density at radius 1 is 1.30 bits per heavy atom. The zero-order valence-corrected chi connectivity index (χ0v) is 13.9. The second-order valence-corrected chi connectivity index (χ2v) is 6.92. The fourth-order valence-electron chi connectivity index (χ4n) is 1.42. The number of amides is 1. The molecule has 1 aromatic rings. The van der Waals surface area contributed by atoms with E-state index in [2.05, 4.69) is 16.0 Å². The van der Waals surface area contributed by atoms with Crippen molar-refractivity contribution >= 4 is 63.7 Å². The molecule has 1 rings (SSSR count). The number of nitrogens with one attached hydrogen (secondary N) is 3. The Morgan fingerprint density at radius 3 is 2.45 bits per heavy atom. The van der Waals surface area contributed by atoms with E-state index in [1.54, 1.807) is 0 Å². The number of carbonyl (C=O) groups excluding carboxylic acids is 1. The van der Waals surface area contributed by atoms with Crippen LogP contribution in [0.4, 0.5) is 5.69 Å². The summed E-state index contributed by atoms with van der Waals surface area (Å²) in [5, 5.41) is 8.41. The van der Waals surface area contributed by atoms with Crippen LogP contribution in [-0.4, -0.2) is 21.0 Å². The quantitative estimate of drug-likeness (QED) is 0.443. The van der Waals surface area contributed by atoms with Crippen molar-refractivity contribution in [1.82, 2.24) is 10.6 Å². The van der Waals surface area contributed by atoms with Crippen LogP contribution in [0.2, 0.25) is 0 Å². The van der Waals surface area contributed by atoms with Crippen molar-refractivity contribution in [3.63, 3.8) is 0 Å². The molecule has 0 bridgehead atoms. The van der Waals surface area contributed by atoms with Gasteiger partial charge < -0.3 is 16.0 Å². The third-order valence-electron chi connectivity index (χ3n) is 2.23. The maximum absolute atomic E-state index is 11.1. The summed E-state index contributed by atoms with van der Waals surface area (Å²) in [6.07, 6.45) is -0.935. The second-order valence-electron chi connectivity index (χ2n) is 4.14. The predicted octanol–water partition coefficient (Wildman–Crippen LogP) is 3.11. The third kappa shape index (κ3) is 6.13. The Hall–Kier alpha value is -0.750. The maximum Gasteiger partial charge on any atom is 0.228 e. The minimum absolute atomic E-state index is 0.237. The first-order valence-electron chi connectivity index (χ1n) is 5.66. The van der Waals surface area contributed by atoms with Crippen molar-refractivity contribution < 1.29 is 4.79 Å². The number of hydrogen-bond acceptors (Lipinski definition) is 2. The van der Waals surface area contributed by atoms with Crippen LogP contribution in [0, 0.1) is 6.92 Å². The molecule has 0 saturated heterocycles. The normalized spacial score (nSPS) is 12.4. The van der Waals surface area contributed by atoms with Crippen molar-refractivity contribution in [2.45, 2.75) is 23.8 Å². The molecule has 1 unspecified atom stereocenters. The van der Waals surface area contributed by atoms with Gasteiger partial charge in [0.25, 0.3) is 0 Å². The Balaban J connectivity index is 2.69. The van der Waals surface area contributed by atoms with Gasteiger partial charge in [-0.3, -0.25) is 4.79 Å². The summed E-state index contributed by atoms with van der Waals surface area (Å²) in [5.74, 6) is -0.341. The van der Waals surface area contributed by atoms with E-state index < -0.39 is 9.96 Å². The lowest BCUT2D eigenvalue weighted by molar-refractivity contribution is -0.119. The molecule has 110 valence electrons. The van der Waals surface area contributed by atoms with E-state index in [0.717, 1.165) is 11.3 Å². The van der Waals surface area contributed by atoms with Crippen LogP contribution in [0.1, 0.15) is 12.5 Å². The first kappa shape index (κ1) is 17.3. The number of thiocarbonyl (C=S) groups is 1. The maximum atomic E-state index is 11.1. The van der Waals surface area contributed by atoms with Crippen LogP contribution in [0.15, 0.2) is 24.3 Å². The van der Waals surface area contributed by atoms with Gasteiger partial charge in [-0.25, -0.2) is 0 Å². The van der Waals surface area contributed by atoms with E-state index in [0.29, 0.717) is 0 Å². The molecule has 8 heteroatoms. The molecule has 4 nitrogen and oxygen atoms in total. The molecule has 1 aromatic carbocycles. The highest BCUT2D eigenvalue weighted by atomic mass is 35.6. The van der Waals surface area contributed by atoms with Crippen LogP contribution < -0.4 is 16.0 Å². The first-order chi connectivity index (χ1) is 9.18. The minimum atomic E-state index is -1.73. The summed E-state index contributed by atoms with van der Waals surface area (Å²) in [6.45, 7) is 3.28. The second kappa shape index (κ2) is 7.31. The van der Waals surface area contributed by atoms with E-state index in [1.165, 1.54) is 6.92 Å². The van der Waals surface area contributed by atoms with Crippen molar-refractivity contribution in [2.24, 2.45) is 0 Å². The van der Waals surface area contributed by atoms with Crippen molar-refractivity contribution in [2.75, 3.05) is 5.32 Å². The number of benzene rings is 1. The molecule has 3 N–H and O–H groups in total. The van der Waals surface area contributed by atoms with Gasteiger partial charge in [0.05, 0.1) is 0 Å². The van der Waals surface area contributed by atoms with Gasteiger partial charge in [0.15, 0.2) is 5.11 Å². The number of aryl methyl sites for hydroxylation is 1. The van der Waals surface area contributed by atoms with E-state index in [4.69, 9.17) is 47.0 Å². The molecule has 0 aliphatic rings. The average Bonchev–Trinajstić information content (AvgIpc) is 2.26. The predicted molar refractivity (Wildman–Crippen MR) is 88.4 cm³/mol. The fourth-order valence-corrected chi connectivity index (χ4v) is 1.99. The van der Waals surface area contributed by atoms with Gasteiger partial charge in [-0.1, -0.05) is 46.9 Å². The molecule has 20 heavy (non-hydrogen) atoms. The Labute approximate surface area is 138 Å². The highest BCUT2D eigenvalue weighted by Crippen LogP contribution is 2.29. The van der Waals surface area contributed by atoms with E-state index in [-0.39, 0.29) is 11.0 Å². The Morgan fingerprint density at radius 2 is 1.95 bits per heavy atom. The first-order valence-corrected chi connectivity index (χ1v) is 7.20. The van der Waals surface area contributed by atoms with Gasteiger partial charge in [-0.05, 0) is 36.8 Å². The van der Waals surface area contributed by atoms with E-state index in [9.17, 15) is 4.79 Å². The molecule has 1 amide bonds. The van der Waals surface area contributed by atoms with Gasteiger partial charge in [0.1, 0.15) is 6.17 Å². The van der Waals surface area contributed by atoms with Gasteiger partial charge in [-0.2, -0.15) is 0 Å². The monoisotopic (exact) mass is 353 g/mol. The molecule has 0 saturated carbocycles. The summed E-state index contributed by atoms with van der Waals surface area (Å²) in [4.78, 5) is 11.1. The lowest BCUT2D eigenvalue weighted by Gasteiger charge is -2.27. The summed E-state index contributed by atoms with van der Waals surface area (Å²) < 4.78 is -1.73. The van der Waals surface area contributed by atoms with Crippen LogP contribution >= 0.6 is 47.0 Å². The molecular weight excluding hydrogens is 341 g/mol. The SMILES string of the molecule is CC(=O)NC(NC(=S)Nc1cccc(C)c1)C(Cl)(Cl)Cl. The summed E-state index contributed by atoms with van der Waals surface area (Å²) in [7, 11) is 0. The number of anilines is 1. The molecule has 0 aliphatic carbocycles. The molecular formula is C12H14Cl3N3OS.